The highest BCUT2D eigenvalue weighted by molar-refractivity contribution is 6.09. The first-order valence-corrected chi connectivity index (χ1v) is 18.5. The summed E-state index contributed by atoms with van der Waals surface area (Å²) in [5.74, 6) is 0.641. The van der Waals surface area contributed by atoms with Crippen molar-refractivity contribution in [1.29, 1.82) is 0 Å². The van der Waals surface area contributed by atoms with Crippen LogP contribution >= 0.6 is 0 Å². The van der Waals surface area contributed by atoms with Gasteiger partial charge in [-0.25, -0.2) is 9.97 Å². The number of aromatic nitrogens is 4. The summed E-state index contributed by atoms with van der Waals surface area (Å²) in [6, 6.07) is 57.8. The summed E-state index contributed by atoms with van der Waals surface area (Å²) in [7, 11) is 0. The molecule has 0 spiro atoms. The molecule has 262 valence electrons. The number of furan rings is 2. The Balaban J connectivity index is 1.17. The van der Waals surface area contributed by atoms with Crippen molar-refractivity contribution in [2.45, 2.75) is 0 Å². The van der Waals surface area contributed by atoms with Crippen LogP contribution in [0.1, 0.15) is 0 Å². The minimum absolute atomic E-state index is 0.641. The SMILES string of the molecule is c1ccc(-c2cccc(-c3cc(-c4cc(-c5ccnc6c5oc5ccccc56)cc(-c5ccnc6c5oc5ccccc56)c4)nc(-c4ccccc4)n3)c2)cc1. The van der Waals surface area contributed by atoms with Crippen molar-refractivity contribution >= 4 is 44.1 Å². The van der Waals surface area contributed by atoms with Gasteiger partial charge in [-0.2, -0.15) is 0 Å². The Morgan fingerprint density at radius 3 is 1.41 bits per heavy atom. The van der Waals surface area contributed by atoms with Gasteiger partial charge >= 0.3 is 0 Å². The maximum absolute atomic E-state index is 6.52. The second-order valence-electron chi connectivity index (χ2n) is 13.8. The molecule has 0 saturated carbocycles. The first kappa shape index (κ1) is 31.8. The molecular formula is C50H30N4O2. The van der Waals surface area contributed by atoms with Gasteiger partial charge in [0.05, 0.1) is 11.4 Å². The van der Waals surface area contributed by atoms with E-state index in [1.165, 1.54) is 0 Å². The third-order valence-electron chi connectivity index (χ3n) is 10.4. The summed E-state index contributed by atoms with van der Waals surface area (Å²) in [6.07, 6.45) is 3.71. The number of benzene rings is 6. The van der Waals surface area contributed by atoms with E-state index < -0.39 is 0 Å². The third kappa shape index (κ3) is 5.43. The molecule has 0 fully saturated rings. The van der Waals surface area contributed by atoms with Gasteiger partial charge in [0.15, 0.2) is 17.0 Å². The van der Waals surface area contributed by atoms with Gasteiger partial charge in [0, 0.05) is 51.0 Å². The number of rotatable bonds is 6. The number of fused-ring (bicyclic) bond motifs is 6. The average molecular weight is 719 g/mol. The molecule has 0 radical (unpaired) electrons. The Bertz CT molecular complexity index is 3130. The molecule has 6 heteroatoms. The van der Waals surface area contributed by atoms with Crippen LogP contribution in [0.15, 0.2) is 191 Å². The lowest BCUT2D eigenvalue weighted by Crippen LogP contribution is -1.97. The van der Waals surface area contributed by atoms with Crippen LogP contribution in [0, 0.1) is 0 Å². The maximum atomic E-state index is 6.52. The molecule has 5 aromatic heterocycles. The summed E-state index contributed by atoms with van der Waals surface area (Å²) in [4.78, 5) is 20.0. The van der Waals surface area contributed by atoms with Gasteiger partial charge in [-0.1, -0.05) is 103 Å². The molecule has 0 aliphatic carbocycles. The van der Waals surface area contributed by atoms with Crippen molar-refractivity contribution in [2.24, 2.45) is 0 Å². The number of hydrogen-bond acceptors (Lipinski definition) is 6. The number of para-hydroxylation sites is 2. The Morgan fingerprint density at radius 2 is 0.804 bits per heavy atom. The van der Waals surface area contributed by atoms with Crippen LogP contribution in [-0.2, 0) is 0 Å². The molecular weight excluding hydrogens is 689 g/mol. The quantitative estimate of drug-likeness (QED) is 0.170. The Morgan fingerprint density at radius 1 is 0.339 bits per heavy atom. The lowest BCUT2D eigenvalue weighted by Gasteiger charge is -2.14. The Kier molecular flexibility index (Phi) is 7.38. The Hall–Kier alpha value is -7.70. The molecule has 0 unspecified atom stereocenters. The van der Waals surface area contributed by atoms with E-state index in [2.05, 4.69) is 97.1 Å². The molecule has 11 rings (SSSR count). The van der Waals surface area contributed by atoms with Gasteiger partial charge in [-0.05, 0) is 89.0 Å². The van der Waals surface area contributed by atoms with E-state index in [-0.39, 0.29) is 0 Å². The summed E-state index contributed by atoms with van der Waals surface area (Å²) >= 11 is 0. The van der Waals surface area contributed by atoms with Crippen molar-refractivity contribution in [3.8, 4) is 67.3 Å². The predicted molar refractivity (Wildman–Crippen MR) is 225 cm³/mol. The molecule has 6 aromatic carbocycles. The molecule has 0 aliphatic heterocycles. The van der Waals surface area contributed by atoms with Gasteiger partial charge < -0.3 is 8.83 Å². The fourth-order valence-corrected chi connectivity index (χ4v) is 7.70. The lowest BCUT2D eigenvalue weighted by atomic mass is 9.94. The first-order chi connectivity index (χ1) is 27.7. The highest BCUT2D eigenvalue weighted by atomic mass is 16.3. The van der Waals surface area contributed by atoms with Crippen molar-refractivity contribution in [3.05, 3.63) is 182 Å². The van der Waals surface area contributed by atoms with Crippen LogP contribution in [0.25, 0.3) is 111 Å². The second-order valence-corrected chi connectivity index (χ2v) is 13.8. The number of pyridine rings is 2. The third-order valence-corrected chi connectivity index (χ3v) is 10.4. The molecule has 0 bridgehead atoms. The number of hydrogen-bond donors (Lipinski definition) is 0. The summed E-state index contributed by atoms with van der Waals surface area (Å²) in [5.41, 5.74) is 15.2. The van der Waals surface area contributed by atoms with Crippen molar-refractivity contribution in [3.63, 3.8) is 0 Å². The standard InChI is InChI=1S/C50H30N4O2/c1-3-12-31(13-4-1)33-16-11-17-34(26-33)42-30-43(54-50(53-42)32-14-5-2-6-15-32)37-28-35(38-22-24-51-46-40-18-7-9-20-44(40)55-48(38)46)27-36(29-37)39-23-25-52-47-41-19-8-10-21-45(41)56-49(39)47/h1-30H. The van der Waals surface area contributed by atoms with Crippen LogP contribution in [-0.4, -0.2) is 19.9 Å². The second kappa shape index (κ2) is 13.0. The zero-order valence-electron chi connectivity index (χ0n) is 29.9. The van der Waals surface area contributed by atoms with Gasteiger partial charge in [-0.15, -0.1) is 0 Å². The zero-order chi connectivity index (χ0) is 37.0. The van der Waals surface area contributed by atoms with E-state index in [1.807, 2.05) is 85.2 Å². The van der Waals surface area contributed by atoms with Crippen molar-refractivity contribution in [2.75, 3.05) is 0 Å². The molecule has 0 amide bonds. The molecule has 5 heterocycles. The molecule has 0 atom stereocenters. The molecule has 0 N–H and O–H groups in total. The van der Waals surface area contributed by atoms with Crippen LogP contribution in [0.3, 0.4) is 0 Å². The van der Waals surface area contributed by atoms with E-state index >= 15 is 0 Å². The summed E-state index contributed by atoms with van der Waals surface area (Å²) in [6.45, 7) is 0. The summed E-state index contributed by atoms with van der Waals surface area (Å²) in [5, 5.41) is 1.95. The largest absolute Gasteiger partial charge is 0.454 e. The van der Waals surface area contributed by atoms with Crippen molar-refractivity contribution < 1.29 is 8.83 Å². The van der Waals surface area contributed by atoms with E-state index in [1.54, 1.807) is 0 Å². The predicted octanol–water partition coefficient (Wildman–Crippen LogP) is 13.1. The molecule has 11 aromatic rings. The van der Waals surface area contributed by atoms with Crippen LogP contribution in [0.2, 0.25) is 0 Å². The molecule has 6 nitrogen and oxygen atoms in total. The van der Waals surface area contributed by atoms with Gasteiger partial charge in [-0.3, -0.25) is 9.97 Å². The minimum atomic E-state index is 0.641. The fraction of sp³-hybridized carbons (Fsp3) is 0. The van der Waals surface area contributed by atoms with E-state index in [0.717, 1.165) is 106 Å². The van der Waals surface area contributed by atoms with Crippen LogP contribution < -0.4 is 0 Å². The van der Waals surface area contributed by atoms with Gasteiger partial charge in [0.1, 0.15) is 22.2 Å². The smallest absolute Gasteiger partial charge is 0.161 e. The minimum Gasteiger partial charge on any atom is -0.454 e. The fourth-order valence-electron chi connectivity index (χ4n) is 7.70. The maximum Gasteiger partial charge on any atom is 0.161 e. The highest BCUT2D eigenvalue weighted by Gasteiger charge is 2.20. The van der Waals surface area contributed by atoms with Gasteiger partial charge in [0.2, 0.25) is 0 Å². The van der Waals surface area contributed by atoms with E-state index in [4.69, 9.17) is 28.8 Å². The molecule has 0 saturated heterocycles. The molecule has 56 heavy (non-hydrogen) atoms. The monoisotopic (exact) mass is 718 g/mol. The van der Waals surface area contributed by atoms with E-state index in [0.29, 0.717) is 5.82 Å². The highest BCUT2D eigenvalue weighted by Crippen LogP contribution is 2.41. The summed E-state index contributed by atoms with van der Waals surface area (Å²) < 4.78 is 13.0. The average Bonchev–Trinajstić information content (AvgIpc) is 3.86. The Labute approximate surface area is 321 Å². The van der Waals surface area contributed by atoms with Gasteiger partial charge in [0.25, 0.3) is 0 Å². The molecule has 0 aliphatic rings. The lowest BCUT2D eigenvalue weighted by molar-refractivity contribution is 0.669. The van der Waals surface area contributed by atoms with E-state index in [9.17, 15) is 0 Å². The zero-order valence-corrected chi connectivity index (χ0v) is 29.9. The number of nitrogens with zero attached hydrogens (tertiary/aromatic N) is 4. The first-order valence-electron chi connectivity index (χ1n) is 18.5. The van der Waals surface area contributed by atoms with Crippen LogP contribution in [0.5, 0.6) is 0 Å². The van der Waals surface area contributed by atoms with Crippen LogP contribution in [0.4, 0.5) is 0 Å². The van der Waals surface area contributed by atoms with Crippen molar-refractivity contribution in [1.82, 2.24) is 19.9 Å². The normalized spacial score (nSPS) is 11.6. The topological polar surface area (TPSA) is 77.8 Å².